The second kappa shape index (κ2) is 15.1. The van der Waals surface area contributed by atoms with E-state index in [1.807, 2.05) is 0 Å². The summed E-state index contributed by atoms with van der Waals surface area (Å²) in [4.78, 5) is 17.7. The maximum Gasteiger partial charge on any atom is 0.159 e. The molecule has 0 unspecified atom stereocenters. The van der Waals surface area contributed by atoms with Gasteiger partial charge in [-0.1, -0.05) is 65.8 Å². The average Bonchev–Trinajstić information content (AvgIpc) is 3.75. The molecule has 2 aromatic carbocycles. The largest absolute Gasteiger partial charge is 0.328 e. The van der Waals surface area contributed by atoms with Gasteiger partial charge in [0, 0.05) is 41.8 Å². The number of allylic oxidation sites excluding steroid dienone is 4. The molecule has 5 nitrogen and oxygen atoms in total. The number of rotatable bonds is 10. The highest BCUT2D eigenvalue weighted by Crippen LogP contribution is 2.38. The van der Waals surface area contributed by atoms with Crippen LogP contribution in [-0.4, -0.2) is 46.1 Å². The van der Waals surface area contributed by atoms with Crippen molar-refractivity contribution in [3.8, 4) is 11.8 Å². The molecule has 0 radical (unpaired) electrons. The first-order valence-electron chi connectivity index (χ1n) is 19.4. The lowest BCUT2D eigenvalue weighted by atomic mass is 9.95. The van der Waals surface area contributed by atoms with E-state index in [0.29, 0.717) is 0 Å². The summed E-state index contributed by atoms with van der Waals surface area (Å²) in [5.74, 6) is 8.20. The van der Waals surface area contributed by atoms with Gasteiger partial charge in [-0.15, -0.1) is 5.10 Å². The SMILES string of the molecule is CC(=O)C1=C(CCCCc2ccc(C#CC(C)(C)N3CCCCC3)cc2C)CC(N2CCCc3c2nnc(CC2=Cc4ccccc4C2)c3C)=C1. The number of aromatic nitrogens is 2. The number of carbonyl (C=O) groups excluding carboxylic acids is 1. The van der Waals surface area contributed by atoms with Crippen LogP contribution in [0.4, 0.5) is 5.82 Å². The van der Waals surface area contributed by atoms with Crippen LogP contribution in [-0.2, 0) is 30.5 Å². The van der Waals surface area contributed by atoms with E-state index in [1.54, 1.807) is 6.92 Å². The van der Waals surface area contributed by atoms with Gasteiger partial charge < -0.3 is 4.90 Å². The van der Waals surface area contributed by atoms with Gasteiger partial charge in [0.05, 0.1) is 11.2 Å². The Labute approximate surface area is 305 Å². The second-order valence-electron chi connectivity index (χ2n) is 15.8. The van der Waals surface area contributed by atoms with Crippen molar-refractivity contribution in [1.29, 1.82) is 0 Å². The van der Waals surface area contributed by atoms with Gasteiger partial charge in [-0.3, -0.25) is 9.69 Å². The zero-order valence-corrected chi connectivity index (χ0v) is 31.5. The minimum absolute atomic E-state index is 0.0935. The maximum atomic E-state index is 12.8. The summed E-state index contributed by atoms with van der Waals surface area (Å²) < 4.78 is 0. The van der Waals surface area contributed by atoms with E-state index in [9.17, 15) is 4.79 Å². The Morgan fingerprint density at radius 3 is 2.49 bits per heavy atom. The Morgan fingerprint density at radius 2 is 1.71 bits per heavy atom. The molecule has 0 N–H and O–H groups in total. The van der Waals surface area contributed by atoms with E-state index in [0.717, 1.165) is 100 Å². The number of likely N-dealkylation sites (tertiary alicyclic amines) is 1. The maximum absolute atomic E-state index is 12.8. The molecule has 1 aromatic heterocycles. The molecule has 51 heavy (non-hydrogen) atoms. The highest BCUT2D eigenvalue weighted by atomic mass is 16.1. The topological polar surface area (TPSA) is 49.3 Å². The van der Waals surface area contributed by atoms with Crippen LogP contribution in [0.3, 0.4) is 0 Å². The third kappa shape index (κ3) is 7.82. The number of unbranched alkanes of at least 4 members (excludes halogenated alkanes) is 1. The minimum atomic E-state index is -0.0935. The number of piperidine rings is 1. The number of anilines is 1. The number of aryl methyl sites for hydroxylation is 2. The molecule has 1 saturated heterocycles. The summed E-state index contributed by atoms with van der Waals surface area (Å²) in [6.45, 7) is 13.9. The van der Waals surface area contributed by atoms with Crippen LogP contribution >= 0.6 is 0 Å². The molecule has 3 heterocycles. The van der Waals surface area contributed by atoms with Gasteiger partial charge in [0.1, 0.15) is 0 Å². The Hall–Kier alpha value is -4.27. The van der Waals surface area contributed by atoms with E-state index in [-0.39, 0.29) is 11.3 Å². The molecule has 4 aliphatic rings. The van der Waals surface area contributed by atoms with Crippen molar-refractivity contribution in [1.82, 2.24) is 15.1 Å². The first kappa shape index (κ1) is 35.1. The fourth-order valence-electron chi connectivity index (χ4n) is 8.59. The van der Waals surface area contributed by atoms with Crippen molar-refractivity contribution >= 4 is 17.7 Å². The molecular formula is C46H54N4O. The molecule has 0 spiro atoms. The number of benzene rings is 2. The summed E-state index contributed by atoms with van der Waals surface area (Å²) in [7, 11) is 0. The fraction of sp³-hybridized carbons (Fsp3) is 0.457. The molecule has 0 bridgehead atoms. The van der Waals surface area contributed by atoms with Crippen molar-refractivity contribution in [3.05, 3.63) is 116 Å². The number of ketones is 1. The van der Waals surface area contributed by atoms with E-state index in [2.05, 4.69) is 104 Å². The van der Waals surface area contributed by atoms with Crippen molar-refractivity contribution in [2.75, 3.05) is 24.5 Å². The standard InChI is InChI=1S/C46H54N4O/c1-32-26-35(21-22-46(4,5)49-23-11-6-12-24-49)19-20-37(32)14-7-10-17-40-30-41(31-43(40)34(3)51)50-25-13-18-42-33(2)44(47-48-45(42)50)29-36-27-38-15-8-9-16-39(38)28-36/h8-9,15-16,19-20,26-27,31H,6-7,10-14,17-18,23-25,28-30H2,1-5H3. The van der Waals surface area contributed by atoms with Gasteiger partial charge in [0.15, 0.2) is 11.6 Å². The zero-order chi connectivity index (χ0) is 35.5. The molecule has 0 amide bonds. The third-order valence-electron chi connectivity index (χ3n) is 11.7. The minimum Gasteiger partial charge on any atom is -0.328 e. The molecular weight excluding hydrogens is 625 g/mol. The predicted molar refractivity (Wildman–Crippen MR) is 210 cm³/mol. The fourth-order valence-corrected chi connectivity index (χ4v) is 8.59. The summed E-state index contributed by atoms with van der Waals surface area (Å²) in [5, 5.41) is 9.66. The van der Waals surface area contributed by atoms with Crippen LogP contribution in [0, 0.1) is 25.7 Å². The Balaban J connectivity index is 0.954. The van der Waals surface area contributed by atoms with E-state index < -0.39 is 0 Å². The van der Waals surface area contributed by atoms with Gasteiger partial charge in [-0.2, -0.15) is 5.10 Å². The van der Waals surface area contributed by atoms with Crippen molar-refractivity contribution in [3.63, 3.8) is 0 Å². The molecule has 0 saturated carbocycles. The predicted octanol–water partition coefficient (Wildman–Crippen LogP) is 9.23. The molecule has 0 atom stereocenters. The van der Waals surface area contributed by atoms with Gasteiger partial charge in [-0.05, 0) is 152 Å². The third-order valence-corrected chi connectivity index (χ3v) is 11.7. The van der Waals surface area contributed by atoms with Crippen LogP contribution in [0.1, 0.15) is 117 Å². The summed E-state index contributed by atoms with van der Waals surface area (Å²) in [5.41, 5.74) is 14.9. The quantitative estimate of drug-likeness (QED) is 0.158. The van der Waals surface area contributed by atoms with E-state index in [1.165, 1.54) is 69.5 Å². The molecule has 2 aliphatic heterocycles. The number of fused-ring (bicyclic) bond motifs is 2. The van der Waals surface area contributed by atoms with Crippen molar-refractivity contribution in [2.45, 2.75) is 117 Å². The van der Waals surface area contributed by atoms with Crippen molar-refractivity contribution in [2.24, 2.45) is 0 Å². The lowest BCUT2D eigenvalue weighted by Crippen LogP contribution is -2.45. The smallest absolute Gasteiger partial charge is 0.159 e. The van der Waals surface area contributed by atoms with Crippen LogP contribution < -0.4 is 4.90 Å². The first-order valence-corrected chi connectivity index (χ1v) is 19.4. The van der Waals surface area contributed by atoms with Crippen LogP contribution in [0.15, 0.2) is 71.0 Å². The highest BCUT2D eigenvalue weighted by molar-refractivity contribution is 5.98. The van der Waals surface area contributed by atoms with Gasteiger partial charge in [-0.25, -0.2) is 0 Å². The molecule has 3 aromatic rings. The van der Waals surface area contributed by atoms with Crippen LogP contribution in [0.25, 0.3) is 6.08 Å². The van der Waals surface area contributed by atoms with Crippen molar-refractivity contribution < 1.29 is 4.79 Å². The lowest BCUT2D eigenvalue weighted by molar-refractivity contribution is -0.113. The summed E-state index contributed by atoms with van der Waals surface area (Å²) in [6.07, 6.45) is 17.3. The second-order valence-corrected chi connectivity index (χ2v) is 15.8. The first-order chi connectivity index (χ1) is 24.7. The average molecular weight is 679 g/mol. The summed E-state index contributed by atoms with van der Waals surface area (Å²) >= 11 is 0. The molecule has 1 fully saturated rings. The van der Waals surface area contributed by atoms with Crippen LogP contribution in [0.5, 0.6) is 0 Å². The molecule has 5 heteroatoms. The number of hydrogen-bond acceptors (Lipinski definition) is 5. The Kier molecular flexibility index (Phi) is 10.4. The number of hydrogen-bond donors (Lipinski definition) is 0. The zero-order valence-electron chi connectivity index (χ0n) is 31.5. The summed E-state index contributed by atoms with van der Waals surface area (Å²) in [6, 6.07) is 15.4. The van der Waals surface area contributed by atoms with E-state index in [4.69, 9.17) is 10.2 Å². The number of nitrogens with zero attached hydrogens (tertiary/aromatic N) is 4. The van der Waals surface area contributed by atoms with Crippen LogP contribution in [0.2, 0.25) is 0 Å². The lowest BCUT2D eigenvalue weighted by Gasteiger charge is -2.37. The monoisotopic (exact) mass is 678 g/mol. The molecule has 7 rings (SSSR count). The van der Waals surface area contributed by atoms with E-state index >= 15 is 0 Å². The number of carbonyl (C=O) groups is 1. The van der Waals surface area contributed by atoms with Gasteiger partial charge in [0.25, 0.3) is 0 Å². The van der Waals surface area contributed by atoms with Gasteiger partial charge in [0.2, 0.25) is 0 Å². The Morgan fingerprint density at radius 1 is 0.902 bits per heavy atom. The highest BCUT2D eigenvalue weighted by Gasteiger charge is 2.30. The molecule has 264 valence electrons. The number of Topliss-reactive ketones (excluding diaryl/α,β-unsaturated/α-hetero) is 1. The van der Waals surface area contributed by atoms with Gasteiger partial charge >= 0.3 is 0 Å². The Bertz CT molecular complexity index is 1980. The normalized spacial score (nSPS) is 17.5. The molecule has 2 aliphatic carbocycles.